The zero-order chi connectivity index (χ0) is 19.1. The summed E-state index contributed by atoms with van der Waals surface area (Å²) < 4.78 is 7.32. The summed E-state index contributed by atoms with van der Waals surface area (Å²) in [6.45, 7) is 2.21. The Morgan fingerprint density at radius 1 is 1.11 bits per heavy atom. The highest BCUT2D eigenvalue weighted by atomic mass is 32.1. The van der Waals surface area contributed by atoms with E-state index in [9.17, 15) is 0 Å². The van der Waals surface area contributed by atoms with Crippen molar-refractivity contribution in [3.8, 4) is 33.4 Å². The summed E-state index contributed by atoms with van der Waals surface area (Å²) in [4.78, 5) is 4.91. The molecule has 28 heavy (non-hydrogen) atoms. The summed E-state index contributed by atoms with van der Waals surface area (Å²) in [7, 11) is 1.68. The van der Waals surface area contributed by atoms with Crippen molar-refractivity contribution in [2.75, 3.05) is 7.11 Å². The molecule has 0 saturated heterocycles. The fourth-order valence-corrected chi connectivity index (χ4v) is 4.67. The lowest BCUT2D eigenvalue weighted by Gasteiger charge is -2.04. The van der Waals surface area contributed by atoms with Crippen molar-refractivity contribution in [2.45, 2.75) is 26.2 Å². The van der Waals surface area contributed by atoms with E-state index in [1.54, 1.807) is 18.4 Å². The van der Waals surface area contributed by atoms with Gasteiger partial charge < -0.3 is 4.74 Å². The number of thiazole rings is 1. The summed E-state index contributed by atoms with van der Waals surface area (Å²) >= 11 is 1.64. The minimum Gasteiger partial charge on any atom is -0.497 e. The molecular formula is C23H21N3OS. The first-order valence-corrected chi connectivity index (χ1v) is 10.5. The maximum absolute atomic E-state index is 5.26. The average molecular weight is 388 g/mol. The lowest BCUT2D eigenvalue weighted by atomic mass is 10.1. The van der Waals surface area contributed by atoms with Crippen LogP contribution in [0.1, 0.15) is 30.2 Å². The van der Waals surface area contributed by atoms with Gasteiger partial charge in [0.2, 0.25) is 5.13 Å². The van der Waals surface area contributed by atoms with Crippen LogP contribution in [0.25, 0.3) is 27.6 Å². The molecule has 5 rings (SSSR count). The zero-order valence-electron chi connectivity index (χ0n) is 16.0. The molecule has 2 heterocycles. The molecule has 0 bridgehead atoms. The van der Waals surface area contributed by atoms with E-state index >= 15 is 0 Å². The number of ether oxygens (including phenoxy) is 1. The van der Waals surface area contributed by atoms with Crippen molar-refractivity contribution < 1.29 is 4.74 Å². The number of hydrogen-bond donors (Lipinski definition) is 0. The first-order chi connectivity index (χ1) is 13.8. The molecule has 1 aliphatic rings. The molecule has 2 aromatic heterocycles. The highest BCUT2D eigenvalue weighted by Gasteiger charge is 2.28. The fourth-order valence-electron chi connectivity index (χ4n) is 3.89. The van der Waals surface area contributed by atoms with E-state index in [1.165, 1.54) is 28.1 Å². The van der Waals surface area contributed by atoms with Crippen LogP contribution in [0, 0.1) is 0 Å². The number of fused-ring (bicyclic) bond motifs is 3. The van der Waals surface area contributed by atoms with E-state index < -0.39 is 0 Å². The van der Waals surface area contributed by atoms with E-state index in [0.717, 1.165) is 41.4 Å². The molecule has 0 unspecified atom stereocenters. The topological polar surface area (TPSA) is 39.9 Å². The molecule has 5 heteroatoms. The molecule has 0 spiro atoms. The molecular weight excluding hydrogens is 366 g/mol. The second kappa shape index (κ2) is 6.91. The van der Waals surface area contributed by atoms with Gasteiger partial charge in [-0.1, -0.05) is 37.6 Å². The van der Waals surface area contributed by atoms with Crippen LogP contribution in [-0.2, 0) is 12.8 Å². The molecule has 4 aromatic rings. The molecule has 0 atom stereocenters. The third-order valence-corrected chi connectivity index (χ3v) is 6.07. The van der Waals surface area contributed by atoms with Crippen molar-refractivity contribution in [3.63, 3.8) is 0 Å². The van der Waals surface area contributed by atoms with Gasteiger partial charge in [0.1, 0.15) is 5.75 Å². The molecule has 2 aromatic carbocycles. The number of aromatic nitrogens is 3. The Morgan fingerprint density at radius 2 is 1.93 bits per heavy atom. The molecule has 0 amide bonds. The van der Waals surface area contributed by atoms with Gasteiger partial charge in [-0.05, 0) is 36.2 Å². The van der Waals surface area contributed by atoms with E-state index in [0.29, 0.717) is 0 Å². The van der Waals surface area contributed by atoms with Crippen LogP contribution >= 0.6 is 11.3 Å². The summed E-state index contributed by atoms with van der Waals surface area (Å²) in [6.07, 6.45) is 3.06. The van der Waals surface area contributed by atoms with Crippen LogP contribution in [0.15, 0.2) is 53.9 Å². The number of hydrogen-bond acceptors (Lipinski definition) is 4. The first-order valence-electron chi connectivity index (χ1n) is 9.58. The van der Waals surface area contributed by atoms with Crippen LogP contribution < -0.4 is 4.74 Å². The normalized spacial score (nSPS) is 12.1. The Labute approximate surface area is 168 Å². The number of benzene rings is 2. The Kier molecular flexibility index (Phi) is 4.24. The van der Waals surface area contributed by atoms with Crippen LogP contribution in [0.3, 0.4) is 0 Å². The molecule has 0 aliphatic heterocycles. The van der Waals surface area contributed by atoms with Gasteiger partial charge >= 0.3 is 0 Å². The van der Waals surface area contributed by atoms with Crippen LogP contribution in [0.4, 0.5) is 0 Å². The second-order valence-corrected chi connectivity index (χ2v) is 7.85. The van der Waals surface area contributed by atoms with Gasteiger partial charge in [0, 0.05) is 28.5 Å². The van der Waals surface area contributed by atoms with Gasteiger partial charge in [-0.15, -0.1) is 11.3 Å². The molecule has 0 saturated carbocycles. The van der Waals surface area contributed by atoms with E-state index in [2.05, 4.69) is 41.3 Å². The fraction of sp³-hybridized carbons (Fsp3) is 0.217. The lowest BCUT2D eigenvalue weighted by molar-refractivity contribution is 0.415. The summed E-state index contributed by atoms with van der Waals surface area (Å²) in [5, 5.41) is 7.99. The third-order valence-electron chi connectivity index (χ3n) is 5.25. The SMILES string of the molecule is CCCc1nn(-c2nc(-c3ccc(OC)cc3)cs2)c2c1Cc1ccccc1-2. The monoisotopic (exact) mass is 387 g/mol. The van der Waals surface area contributed by atoms with Crippen molar-refractivity contribution >= 4 is 11.3 Å². The van der Waals surface area contributed by atoms with Gasteiger partial charge in [-0.2, -0.15) is 5.10 Å². The lowest BCUT2D eigenvalue weighted by Crippen LogP contribution is -2.00. The molecule has 0 fully saturated rings. The van der Waals surface area contributed by atoms with E-state index in [4.69, 9.17) is 14.8 Å². The molecule has 1 aliphatic carbocycles. The maximum atomic E-state index is 5.26. The Morgan fingerprint density at radius 3 is 2.71 bits per heavy atom. The number of nitrogens with zero attached hydrogens (tertiary/aromatic N) is 3. The minimum atomic E-state index is 0.852. The molecule has 0 radical (unpaired) electrons. The largest absolute Gasteiger partial charge is 0.497 e. The second-order valence-electron chi connectivity index (χ2n) is 7.01. The van der Waals surface area contributed by atoms with Gasteiger partial charge in [0.05, 0.1) is 24.2 Å². The standard InChI is InChI=1S/C23H21N3OS/c1-3-6-20-19-13-16-7-4-5-8-18(16)22(19)26(25-20)23-24-21(14-28-23)15-9-11-17(27-2)12-10-15/h4-5,7-12,14H,3,6,13H2,1-2H3. The summed E-state index contributed by atoms with van der Waals surface area (Å²) in [5.41, 5.74) is 8.51. The van der Waals surface area contributed by atoms with Crippen molar-refractivity contribution in [1.82, 2.24) is 14.8 Å². The van der Waals surface area contributed by atoms with E-state index in [-0.39, 0.29) is 0 Å². The van der Waals surface area contributed by atoms with Crippen LogP contribution in [-0.4, -0.2) is 21.9 Å². The Hall–Kier alpha value is -2.92. The quantitative estimate of drug-likeness (QED) is 0.398. The van der Waals surface area contributed by atoms with Gasteiger partial charge in [0.15, 0.2) is 0 Å². The third kappa shape index (κ3) is 2.74. The number of methoxy groups -OCH3 is 1. The predicted molar refractivity (Wildman–Crippen MR) is 113 cm³/mol. The van der Waals surface area contributed by atoms with Crippen LogP contribution in [0.2, 0.25) is 0 Å². The first kappa shape index (κ1) is 17.2. The van der Waals surface area contributed by atoms with Crippen molar-refractivity contribution in [1.29, 1.82) is 0 Å². The predicted octanol–water partition coefficient (Wildman–Crippen LogP) is 5.53. The number of aryl methyl sites for hydroxylation is 1. The highest BCUT2D eigenvalue weighted by Crippen LogP contribution is 2.40. The maximum Gasteiger partial charge on any atom is 0.211 e. The Bertz CT molecular complexity index is 1140. The molecule has 140 valence electrons. The summed E-state index contributed by atoms with van der Waals surface area (Å²) in [6, 6.07) is 16.7. The highest BCUT2D eigenvalue weighted by molar-refractivity contribution is 7.12. The smallest absolute Gasteiger partial charge is 0.211 e. The van der Waals surface area contributed by atoms with Gasteiger partial charge in [0.25, 0.3) is 0 Å². The van der Waals surface area contributed by atoms with Crippen molar-refractivity contribution in [2.24, 2.45) is 0 Å². The molecule has 0 N–H and O–H groups in total. The zero-order valence-corrected chi connectivity index (χ0v) is 16.8. The summed E-state index contributed by atoms with van der Waals surface area (Å²) in [5.74, 6) is 0.852. The van der Waals surface area contributed by atoms with Crippen LogP contribution in [0.5, 0.6) is 5.75 Å². The van der Waals surface area contributed by atoms with Gasteiger partial charge in [-0.25, -0.2) is 9.67 Å². The Balaban J connectivity index is 1.59. The molecule has 4 nitrogen and oxygen atoms in total. The van der Waals surface area contributed by atoms with Gasteiger partial charge in [-0.3, -0.25) is 0 Å². The van der Waals surface area contributed by atoms with E-state index in [1.807, 2.05) is 24.3 Å². The van der Waals surface area contributed by atoms with Crippen molar-refractivity contribution in [3.05, 3.63) is 70.7 Å². The minimum absolute atomic E-state index is 0.852. The number of rotatable bonds is 5. The average Bonchev–Trinajstić information content (AvgIpc) is 3.43.